The quantitative estimate of drug-likeness (QED) is 0.190. The number of furan rings is 1. The molecule has 2 atom stereocenters. The first kappa shape index (κ1) is 25.7. The third-order valence-electron chi connectivity index (χ3n) is 5.53. The van der Waals surface area contributed by atoms with Crippen LogP contribution >= 0.6 is 24.0 Å². The van der Waals surface area contributed by atoms with Gasteiger partial charge in [-0.15, -0.1) is 24.0 Å². The summed E-state index contributed by atoms with van der Waals surface area (Å²) in [5, 5.41) is 9.69. The van der Waals surface area contributed by atoms with Gasteiger partial charge in [-0.1, -0.05) is 27.2 Å². The van der Waals surface area contributed by atoms with E-state index in [1.807, 2.05) is 6.92 Å². The number of carbonyl (C=O) groups excluding carboxylic acids is 1. The molecule has 1 aliphatic carbocycles. The third kappa shape index (κ3) is 7.16. The van der Waals surface area contributed by atoms with Crippen molar-refractivity contribution >= 4 is 35.8 Å². The molecule has 0 radical (unpaired) electrons. The second kappa shape index (κ2) is 12.4. The van der Waals surface area contributed by atoms with Crippen LogP contribution in [0.3, 0.4) is 0 Å². The number of aliphatic imine (C=N–C) groups is 1. The fourth-order valence-corrected chi connectivity index (χ4v) is 3.33. The number of aryl methyl sites for hydroxylation is 1. The van der Waals surface area contributed by atoms with Crippen LogP contribution in [0.2, 0.25) is 0 Å². The molecule has 166 valence electrons. The highest BCUT2D eigenvalue weighted by atomic mass is 127. The summed E-state index contributed by atoms with van der Waals surface area (Å²) in [6.07, 6.45) is 5.90. The molecule has 29 heavy (non-hydrogen) atoms. The Balaban J connectivity index is 0.00000420. The van der Waals surface area contributed by atoms with Crippen LogP contribution in [0.4, 0.5) is 0 Å². The van der Waals surface area contributed by atoms with Crippen molar-refractivity contribution < 1.29 is 13.9 Å². The molecule has 0 aliphatic heterocycles. The van der Waals surface area contributed by atoms with Crippen LogP contribution in [0.25, 0.3) is 0 Å². The highest BCUT2D eigenvalue weighted by Crippen LogP contribution is 2.42. The van der Waals surface area contributed by atoms with Gasteiger partial charge in [0.2, 0.25) is 0 Å². The number of ether oxygens (including phenoxy) is 1. The van der Waals surface area contributed by atoms with Gasteiger partial charge in [-0.05, 0) is 32.3 Å². The molecule has 0 aromatic carbocycles. The van der Waals surface area contributed by atoms with Crippen LogP contribution < -0.4 is 16.0 Å². The van der Waals surface area contributed by atoms with E-state index in [9.17, 15) is 4.79 Å². The summed E-state index contributed by atoms with van der Waals surface area (Å²) in [5.41, 5.74) is 0.931. The SMILES string of the molecule is CCCCOC1CC(NC(=NC)NCCCNC(=O)c2occc2C)C1(C)C.I. The molecule has 2 unspecified atom stereocenters. The monoisotopic (exact) mass is 520 g/mol. The number of nitrogens with zero attached hydrogens (tertiary/aromatic N) is 1. The molecule has 1 saturated carbocycles. The number of nitrogens with one attached hydrogen (secondary N) is 3. The molecule has 1 fully saturated rings. The molecule has 1 aliphatic rings. The number of guanidine groups is 1. The Morgan fingerprint density at radius 2 is 2.03 bits per heavy atom. The minimum atomic E-state index is -0.171. The predicted octanol–water partition coefficient (Wildman–Crippen LogP) is 3.47. The van der Waals surface area contributed by atoms with Gasteiger partial charge < -0.3 is 25.1 Å². The van der Waals surface area contributed by atoms with E-state index in [4.69, 9.17) is 9.15 Å². The molecular formula is C21H37IN4O3. The van der Waals surface area contributed by atoms with Crippen molar-refractivity contribution in [3.63, 3.8) is 0 Å². The maximum atomic E-state index is 12.0. The molecular weight excluding hydrogens is 483 g/mol. The highest BCUT2D eigenvalue weighted by molar-refractivity contribution is 14.0. The summed E-state index contributed by atoms with van der Waals surface area (Å²) < 4.78 is 11.2. The first-order chi connectivity index (χ1) is 13.4. The predicted molar refractivity (Wildman–Crippen MR) is 127 cm³/mol. The van der Waals surface area contributed by atoms with E-state index in [-0.39, 0.29) is 35.3 Å². The summed E-state index contributed by atoms with van der Waals surface area (Å²) in [5.74, 6) is 1.00. The summed E-state index contributed by atoms with van der Waals surface area (Å²) >= 11 is 0. The van der Waals surface area contributed by atoms with E-state index in [0.29, 0.717) is 24.5 Å². The maximum absolute atomic E-state index is 12.0. The number of carbonyl (C=O) groups is 1. The topological polar surface area (TPSA) is 87.9 Å². The van der Waals surface area contributed by atoms with Crippen LogP contribution in [0.15, 0.2) is 21.7 Å². The second-order valence-corrected chi connectivity index (χ2v) is 8.01. The van der Waals surface area contributed by atoms with E-state index in [1.54, 1.807) is 13.1 Å². The highest BCUT2D eigenvalue weighted by Gasteiger charge is 2.49. The smallest absolute Gasteiger partial charge is 0.287 e. The second-order valence-electron chi connectivity index (χ2n) is 8.01. The van der Waals surface area contributed by atoms with Crippen molar-refractivity contribution in [3.05, 3.63) is 23.7 Å². The van der Waals surface area contributed by atoms with E-state index in [1.165, 1.54) is 6.26 Å². The fraction of sp³-hybridized carbons (Fsp3) is 0.714. The zero-order valence-corrected chi connectivity index (χ0v) is 20.7. The first-order valence-corrected chi connectivity index (χ1v) is 10.3. The Bertz CT molecular complexity index is 660. The lowest BCUT2D eigenvalue weighted by Crippen LogP contribution is -2.63. The molecule has 8 heteroatoms. The Hall–Kier alpha value is -1.29. The lowest BCUT2D eigenvalue weighted by molar-refractivity contribution is -0.113. The van der Waals surface area contributed by atoms with Gasteiger partial charge in [0.1, 0.15) is 0 Å². The number of hydrogen-bond acceptors (Lipinski definition) is 4. The van der Waals surface area contributed by atoms with Gasteiger partial charge in [-0.2, -0.15) is 0 Å². The molecule has 0 saturated heterocycles. The normalized spacial score (nSPS) is 20.4. The lowest BCUT2D eigenvalue weighted by Gasteiger charge is -2.52. The van der Waals surface area contributed by atoms with Gasteiger partial charge in [-0.3, -0.25) is 9.79 Å². The average molecular weight is 520 g/mol. The summed E-state index contributed by atoms with van der Waals surface area (Å²) in [6.45, 7) is 10.7. The third-order valence-corrected chi connectivity index (χ3v) is 5.53. The van der Waals surface area contributed by atoms with Crippen LogP contribution in [-0.2, 0) is 4.74 Å². The molecule has 1 heterocycles. The molecule has 1 aromatic heterocycles. The first-order valence-electron chi connectivity index (χ1n) is 10.3. The zero-order chi connectivity index (χ0) is 20.6. The Morgan fingerprint density at radius 3 is 2.62 bits per heavy atom. The van der Waals surface area contributed by atoms with E-state index in [2.05, 4.69) is 41.7 Å². The fourth-order valence-electron chi connectivity index (χ4n) is 3.33. The van der Waals surface area contributed by atoms with Gasteiger partial charge in [0, 0.05) is 43.8 Å². The minimum Gasteiger partial charge on any atom is -0.459 e. The number of unbranched alkanes of at least 4 members (excludes halogenated alkanes) is 1. The number of hydrogen-bond donors (Lipinski definition) is 3. The van der Waals surface area contributed by atoms with Crippen molar-refractivity contribution in [3.8, 4) is 0 Å². The molecule has 0 spiro atoms. The van der Waals surface area contributed by atoms with Crippen molar-refractivity contribution in [1.82, 2.24) is 16.0 Å². The molecule has 7 nitrogen and oxygen atoms in total. The van der Waals surface area contributed by atoms with Crippen LogP contribution in [0, 0.1) is 12.3 Å². The van der Waals surface area contributed by atoms with Gasteiger partial charge in [0.05, 0.1) is 12.4 Å². The Morgan fingerprint density at radius 1 is 1.31 bits per heavy atom. The van der Waals surface area contributed by atoms with Gasteiger partial charge in [0.25, 0.3) is 5.91 Å². The Labute approximate surface area is 191 Å². The average Bonchev–Trinajstić information content (AvgIpc) is 3.10. The number of amides is 1. The lowest BCUT2D eigenvalue weighted by atomic mass is 9.64. The van der Waals surface area contributed by atoms with Gasteiger partial charge in [-0.25, -0.2) is 0 Å². The number of halogens is 1. The van der Waals surface area contributed by atoms with Crippen molar-refractivity contribution in [1.29, 1.82) is 0 Å². The van der Waals surface area contributed by atoms with Crippen LogP contribution in [-0.4, -0.2) is 50.8 Å². The van der Waals surface area contributed by atoms with E-state index >= 15 is 0 Å². The maximum Gasteiger partial charge on any atom is 0.287 e. The van der Waals surface area contributed by atoms with Crippen LogP contribution in [0.1, 0.15) is 62.6 Å². The van der Waals surface area contributed by atoms with Crippen molar-refractivity contribution in [2.45, 2.75) is 65.5 Å². The summed E-state index contributed by atoms with van der Waals surface area (Å²) in [7, 11) is 1.78. The largest absolute Gasteiger partial charge is 0.459 e. The number of rotatable bonds is 10. The molecule has 3 N–H and O–H groups in total. The molecule has 2 rings (SSSR count). The summed E-state index contributed by atoms with van der Waals surface area (Å²) in [4.78, 5) is 16.3. The Kier molecular flexibility index (Phi) is 11.0. The minimum absolute atomic E-state index is 0. The zero-order valence-electron chi connectivity index (χ0n) is 18.3. The molecule has 1 aromatic rings. The molecule has 1 amide bonds. The standard InChI is InChI=1S/C21H36N4O3.HI/c1-6-7-12-27-17-14-16(21(17,3)4)25-20(22-5)24-11-8-10-23-19(26)18-15(2)9-13-28-18;/h9,13,16-17H,6-8,10-12,14H2,1-5H3,(H,23,26)(H2,22,24,25);1H. The van der Waals surface area contributed by atoms with Crippen molar-refractivity contribution in [2.24, 2.45) is 10.4 Å². The van der Waals surface area contributed by atoms with Crippen molar-refractivity contribution in [2.75, 3.05) is 26.7 Å². The van der Waals surface area contributed by atoms with Gasteiger partial charge in [0.15, 0.2) is 11.7 Å². The van der Waals surface area contributed by atoms with E-state index in [0.717, 1.165) is 50.4 Å². The van der Waals surface area contributed by atoms with Crippen LogP contribution in [0.5, 0.6) is 0 Å². The molecule has 0 bridgehead atoms. The summed E-state index contributed by atoms with van der Waals surface area (Å²) in [6, 6.07) is 2.12. The van der Waals surface area contributed by atoms with Gasteiger partial charge >= 0.3 is 0 Å². The van der Waals surface area contributed by atoms with E-state index < -0.39 is 0 Å².